The van der Waals surface area contributed by atoms with E-state index in [1.807, 2.05) is 34.6 Å². The molecule has 1 saturated heterocycles. The van der Waals surface area contributed by atoms with Gasteiger partial charge in [-0.1, -0.05) is 25.4 Å². The molecule has 1 aromatic heterocycles. The maximum Gasteiger partial charge on any atom is 0.410 e. The van der Waals surface area contributed by atoms with Crippen molar-refractivity contribution < 1.29 is 19.1 Å². The Morgan fingerprint density at radius 2 is 2.03 bits per heavy atom. The van der Waals surface area contributed by atoms with Crippen LogP contribution in [-0.4, -0.2) is 73.7 Å². The molecule has 1 aromatic rings. The summed E-state index contributed by atoms with van der Waals surface area (Å²) >= 11 is 6.25. The number of aliphatic imine (C=N–C) groups is 2. The van der Waals surface area contributed by atoms with Gasteiger partial charge in [0.2, 0.25) is 0 Å². The van der Waals surface area contributed by atoms with E-state index in [0.29, 0.717) is 31.1 Å². The molecular weight excluding hydrogens is 446 g/mol. The number of aromatic nitrogens is 1. The lowest BCUT2D eigenvalue weighted by molar-refractivity contribution is -0.117. The van der Waals surface area contributed by atoms with Crippen LogP contribution in [0.4, 0.5) is 4.79 Å². The molecule has 1 fully saturated rings. The lowest BCUT2D eigenvalue weighted by Gasteiger charge is -2.34. The van der Waals surface area contributed by atoms with Gasteiger partial charge in [0.05, 0.1) is 24.6 Å². The number of carbonyl (C=O) groups is 2. The Balaban J connectivity index is 0.00000265. The molecule has 0 aliphatic carbocycles. The maximum atomic E-state index is 12.5. The van der Waals surface area contributed by atoms with Crippen molar-refractivity contribution in [3.63, 3.8) is 0 Å². The van der Waals surface area contributed by atoms with Crippen molar-refractivity contribution in [2.45, 2.75) is 46.3 Å². The quantitative estimate of drug-likeness (QED) is 0.392. The topological polar surface area (TPSA) is 105 Å². The minimum absolute atomic E-state index is 0.0939. The van der Waals surface area contributed by atoms with Crippen molar-refractivity contribution in [3.8, 4) is 0 Å². The molecule has 2 heterocycles. The summed E-state index contributed by atoms with van der Waals surface area (Å²) in [6, 6.07) is 3.44. The van der Waals surface area contributed by atoms with Crippen LogP contribution < -0.4 is 5.32 Å². The number of halogens is 1. The molecule has 182 valence electrons. The molecule has 10 heteroatoms. The van der Waals surface area contributed by atoms with Gasteiger partial charge in [-0.25, -0.2) is 9.78 Å². The van der Waals surface area contributed by atoms with E-state index in [1.165, 1.54) is 13.1 Å². The zero-order valence-corrected chi connectivity index (χ0v) is 21.2. The molecule has 33 heavy (non-hydrogen) atoms. The van der Waals surface area contributed by atoms with Crippen LogP contribution in [0.15, 0.2) is 33.9 Å². The fraction of sp³-hybridized carbons (Fsp3) is 0.522. The van der Waals surface area contributed by atoms with Gasteiger partial charge in [-0.3, -0.25) is 14.8 Å². The molecule has 1 N–H and O–H groups in total. The third-order valence-corrected chi connectivity index (χ3v) is 4.51. The van der Waals surface area contributed by atoms with Crippen LogP contribution in [0.3, 0.4) is 0 Å². The Labute approximate surface area is 200 Å². The van der Waals surface area contributed by atoms with E-state index in [1.54, 1.807) is 24.1 Å². The molecule has 0 aromatic carbocycles. The largest absolute Gasteiger partial charge is 0.444 e. The van der Waals surface area contributed by atoms with Crippen LogP contribution in [0.2, 0.25) is 5.15 Å². The Morgan fingerprint density at radius 3 is 2.58 bits per heavy atom. The Kier molecular flexibility index (Phi) is 11.2. The second-order valence-electron chi connectivity index (χ2n) is 7.77. The van der Waals surface area contributed by atoms with E-state index in [0.717, 1.165) is 5.56 Å². The number of likely N-dealkylation sites (N-methyl/N-ethyl adjacent to an activating group) is 1. The molecule has 1 atom stereocenters. The van der Waals surface area contributed by atoms with Crippen molar-refractivity contribution >= 4 is 36.0 Å². The third-order valence-electron chi connectivity index (χ3n) is 4.31. The van der Waals surface area contributed by atoms with E-state index in [9.17, 15) is 9.59 Å². The molecule has 2 rings (SSSR count). The predicted octanol–water partition coefficient (Wildman–Crippen LogP) is 3.82. The Bertz CT molecular complexity index is 909. The molecule has 1 aliphatic heterocycles. The number of allylic oxidation sites excluding steroid dienone is 1. The standard InChI is InChI=1S/C21H28ClN5O4.C2H6/c1-21(2,3)31-20(29)27-7-8-30-17(12-27)13-9-15(26-18(22)10-13)14(23-4)11-16(24-5)19(28)25-6;1-2/h9-11,17H,5,7-8,12H2,1-4,6H3,(H,25,28);1-2H3/b16-11-,23-14?;. The summed E-state index contributed by atoms with van der Waals surface area (Å²) in [6.07, 6.45) is 0.661. The molecule has 9 nitrogen and oxygen atoms in total. The number of carbonyl (C=O) groups excluding carboxylic acids is 2. The highest BCUT2D eigenvalue weighted by Gasteiger charge is 2.29. The van der Waals surface area contributed by atoms with E-state index in [4.69, 9.17) is 21.1 Å². The van der Waals surface area contributed by atoms with Crippen molar-refractivity contribution in [1.29, 1.82) is 0 Å². The number of nitrogens with zero attached hydrogens (tertiary/aromatic N) is 4. The van der Waals surface area contributed by atoms with E-state index in [-0.39, 0.29) is 10.9 Å². The van der Waals surface area contributed by atoms with Crippen molar-refractivity contribution in [1.82, 2.24) is 15.2 Å². The smallest absolute Gasteiger partial charge is 0.410 e. The zero-order valence-electron chi connectivity index (χ0n) is 20.4. The van der Waals surface area contributed by atoms with Crippen LogP contribution in [0.25, 0.3) is 0 Å². The second-order valence-corrected chi connectivity index (χ2v) is 8.16. The van der Waals surface area contributed by atoms with Gasteiger partial charge >= 0.3 is 6.09 Å². The number of pyridine rings is 1. The molecule has 0 saturated carbocycles. The van der Waals surface area contributed by atoms with E-state index in [2.05, 4.69) is 27.0 Å². The van der Waals surface area contributed by atoms with Gasteiger partial charge in [0.15, 0.2) is 0 Å². The molecule has 0 radical (unpaired) electrons. The van der Waals surface area contributed by atoms with Crippen LogP contribution >= 0.6 is 11.6 Å². The molecular formula is C23H34ClN5O4. The van der Waals surface area contributed by atoms with Gasteiger partial charge in [0.25, 0.3) is 5.91 Å². The van der Waals surface area contributed by atoms with Crippen LogP contribution in [-0.2, 0) is 14.3 Å². The minimum atomic E-state index is -0.585. The van der Waals surface area contributed by atoms with Gasteiger partial charge in [-0.15, -0.1) is 0 Å². The first-order chi connectivity index (χ1) is 15.6. The average Bonchev–Trinajstić information content (AvgIpc) is 2.79. The fourth-order valence-corrected chi connectivity index (χ4v) is 3.09. The predicted molar refractivity (Wildman–Crippen MR) is 131 cm³/mol. The number of rotatable bonds is 5. The highest BCUT2D eigenvalue weighted by Crippen LogP contribution is 2.26. The SMILES string of the molecule is C=N/C(=C\C(=NC)c1cc(C2CN(C(=O)OC(C)(C)C)CCO2)cc(Cl)n1)C(=O)NC.CC. The van der Waals surface area contributed by atoms with Crippen molar-refractivity contribution in [3.05, 3.63) is 40.3 Å². The summed E-state index contributed by atoms with van der Waals surface area (Å²) < 4.78 is 11.3. The monoisotopic (exact) mass is 479 g/mol. The Hall–Kier alpha value is -2.78. The highest BCUT2D eigenvalue weighted by atomic mass is 35.5. The van der Waals surface area contributed by atoms with Gasteiger partial charge in [-0.05, 0) is 51.3 Å². The fourth-order valence-electron chi connectivity index (χ4n) is 2.87. The Morgan fingerprint density at radius 1 is 1.36 bits per heavy atom. The number of amides is 2. The van der Waals surface area contributed by atoms with E-state index < -0.39 is 23.7 Å². The first kappa shape index (κ1) is 28.3. The normalized spacial score (nSPS) is 17.0. The van der Waals surface area contributed by atoms with Crippen LogP contribution in [0, 0.1) is 0 Å². The summed E-state index contributed by atoms with van der Waals surface area (Å²) in [7, 11) is 3.07. The molecule has 0 bridgehead atoms. The van der Waals surface area contributed by atoms with Gasteiger partial charge in [0.1, 0.15) is 22.6 Å². The third kappa shape index (κ3) is 8.58. The zero-order chi connectivity index (χ0) is 25.2. The number of hydrogen-bond donors (Lipinski definition) is 1. The lowest BCUT2D eigenvalue weighted by Crippen LogP contribution is -2.44. The summed E-state index contributed by atoms with van der Waals surface area (Å²) in [5.41, 5.74) is 1.07. The van der Waals surface area contributed by atoms with Crippen LogP contribution in [0.1, 0.15) is 52.0 Å². The molecule has 1 unspecified atom stereocenters. The van der Waals surface area contributed by atoms with E-state index >= 15 is 0 Å². The van der Waals surface area contributed by atoms with Gasteiger partial charge in [0, 0.05) is 20.6 Å². The van der Waals surface area contributed by atoms with Gasteiger partial charge in [-0.2, -0.15) is 0 Å². The number of nitrogens with one attached hydrogen (secondary N) is 1. The molecule has 0 spiro atoms. The molecule has 2 amide bonds. The van der Waals surface area contributed by atoms with Crippen molar-refractivity contribution in [2.24, 2.45) is 9.98 Å². The number of morpholine rings is 1. The minimum Gasteiger partial charge on any atom is -0.444 e. The second kappa shape index (κ2) is 13.1. The maximum absolute atomic E-state index is 12.5. The number of ether oxygens (including phenoxy) is 2. The highest BCUT2D eigenvalue weighted by molar-refractivity contribution is 6.29. The summed E-state index contributed by atoms with van der Waals surface area (Å²) in [5, 5.41) is 2.72. The molecule has 1 aliphatic rings. The first-order valence-corrected chi connectivity index (χ1v) is 11.1. The van der Waals surface area contributed by atoms with Gasteiger partial charge < -0.3 is 19.7 Å². The number of hydrogen-bond acceptors (Lipinski definition) is 7. The summed E-state index contributed by atoms with van der Waals surface area (Å²) in [5.74, 6) is -0.401. The lowest BCUT2D eigenvalue weighted by atomic mass is 10.1. The summed E-state index contributed by atoms with van der Waals surface area (Å²) in [4.78, 5) is 38.2. The summed E-state index contributed by atoms with van der Waals surface area (Å²) in [6.45, 7) is 14.0. The van der Waals surface area contributed by atoms with Crippen LogP contribution in [0.5, 0.6) is 0 Å². The first-order valence-electron chi connectivity index (χ1n) is 10.7. The average molecular weight is 480 g/mol. The van der Waals surface area contributed by atoms with Crippen molar-refractivity contribution in [2.75, 3.05) is 33.8 Å².